The second kappa shape index (κ2) is 4.26. The number of anilines is 1. The van der Waals surface area contributed by atoms with Crippen LogP contribution in [0.1, 0.15) is 18.0 Å². The lowest BCUT2D eigenvalue weighted by Crippen LogP contribution is -2.12. The molecule has 0 amide bonds. The van der Waals surface area contributed by atoms with Gasteiger partial charge in [0.25, 0.3) is 0 Å². The van der Waals surface area contributed by atoms with Crippen LogP contribution in [0.2, 0.25) is 0 Å². The topological polar surface area (TPSA) is 75.8 Å². The highest BCUT2D eigenvalue weighted by Crippen LogP contribution is 2.28. The molecule has 68 valence electrons. The van der Waals surface area contributed by atoms with Gasteiger partial charge in [-0.15, -0.1) is 0 Å². The van der Waals surface area contributed by atoms with Crippen LogP contribution in [0.15, 0.2) is 22.7 Å². The highest BCUT2D eigenvalue weighted by molar-refractivity contribution is 9.10. The van der Waals surface area contributed by atoms with E-state index >= 15 is 0 Å². The van der Waals surface area contributed by atoms with Crippen molar-refractivity contribution in [3.63, 3.8) is 0 Å². The van der Waals surface area contributed by atoms with Gasteiger partial charge in [-0.25, -0.2) is 0 Å². The molecule has 0 fully saturated rings. The number of benzene rings is 1. The van der Waals surface area contributed by atoms with E-state index in [2.05, 4.69) is 15.9 Å². The van der Waals surface area contributed by atoms with Gasteiger partial charge in [0, 0.05) is 21.8 Å². The van der Waals surface area contributed by atoms with E-state index in [1.54, 1.807) is 6.07 Å². The monoisotopic (exact) mass is 239 g/mol. The molecule has 0 saturated heterocycles. The smallest absolute Gasteiger partial charge is 0.0641 e. The van der Waals surface area contributed by atoms with Crippen LogP contribution in [0.4, 0.5) is 5.69 Å². The molecule has 1 unspecified atom stereocenters. The molecule has 0 aliphatic heterocycles. The maximum absolute atomic E-state index is 8.49. The Morgan fingerprint density at radius 3 is 2.77 bits per heavy atom. The molecular formula is C9H10BrN3. The number of nitrogens with zero attached hydrogens (tertiary/aromatic N) is 1. The zero-order valence-electron chi connectivity index (χ0n) is 7.00. The predicted octanol–water partition coefficient (Wildman–Crippen LogP) is 1.94. The van der Waals surface area contributed by atoms with Crippen LogP contribution in [-0.2, 0) is 0 Å². The molecule has 0 heterocycles. The van der Waals surface area contributed by atoms with E-state index in [4.69, 9.17) is 16.7 Å². The summed E-state index contributed by atoms with van der Waals surface area (Å²) in [5, 5.41) is 8.49. The summed E-state index contributed by atoms with van der Waals surface area (Å²) in [5.74, 6) is 0. The third-order valence-corrected chi connectivity index (χ3v) is 2.46. The van der Waals surface area contributed by atoms with Crippen LogP contribution in [0, 0.1) is 11.3 Å². The van der Waals surface area contributed by atoms with Crippen LogP contribution in [0.25, 0.3) is 0 Å². The minimum Gasteiger partial charge on any atom is -0.398 e. The minimum atomic E-state index is -0.319. The summed E-state index contributed by atoms with van der Waals surface area (Å²) < 4.78 is 0.857. The van der Waals surface area contributed by atoms with Gasteiger partial charge in [0.15, 0.2) is 0 Å². The summed E-state index contributed by atoms with van der Waals surface area (Å²) in [7, 11) is 0. The van der Waals surface area contributed by atoms with Crippen molar-refractivity contribution in [2.45, 2.75) is 12.5 Å². The summed E-state index contributed by atoms with van der Waals surface area (Å²) in [6.07, 6.45) is 0.271. The number of hydrogen-bond donors (Lipinski definition) is 2. The van der Waals surface area contributed by atoms with E-state index < -0.39 is 0 Å². The minimum absolute atomic E-state index is 0.271. The van der Waals surface area contributed by atoms with Gasteiger partial charge in [0.2, 0.25) is 0 Å². The Labute approximate surface area is 85.5 Å². The van der Waals surface area contributed by atoms with Crippen molar-refractivity contribution >= 4 is 21.6 Å². The molecule has 0 saturated carbocycles. The molecule has 13 heavy (non-hydrogen) atoms. The lowest BCUT2D eigenvalue weighted by molar-refractivity contribution is 0.747. The van der Waals surface area contributed by atoms with Gasteiger partial charge in [-0.05, 0) is 12.1 Å². The Bertz CT molecular complexity index is 323. The van der Waals surface area contributed by atoms with Crippen molar-refractivity contribution in [2.75, 3.05) is 5.73 Å². The molecule has 0 radical (unpaired) electrons. The maximum atomic E-state index is 8.49. The lowest BCUT2D eigenvalue weighted by Gasteiger charge is -2.12. The van der Waals surface area contributed by atoms with Crippen molar-refractivity contribution in [2.24, 2.45) is 5.73 Å². The van der Waals surface area contributed by atoms with Crippen LogP contribution >= 0.6 is 15.9 Å². The summed E-state index contributed by atoms with van der Waals surface area (Å²) >= 11 is 3.35. The second-order valence-electron chi connectivity index (χ2n) is 2.71. The van der Waals surface area contributed by atoms with Gasteiger partial charge in [-0.2, -0.15) is 5.26 Å². The fourth-order valence-electron chi connectivity index (χ4n) is 1.15. The third kappa shape index (κ3) is 2.20. The molecule has 4 N–H and O–H groups in total. The Hall–Kier alpha value is -1.05. The molecule has 0 aliphatic carbocycles. The fraction of sp³-hybridized carbons (Fsp3) is 0.222. The largest absolute Gasteiger partial charge is 0.398 e. The van der Waals surface area contributed by atoms with Crippen LogP contribution in [0.5, 0.6) is 0 Å². The molecule has 1 rings (SSSR count). The number of rotatable bonds is 2. The summed E-state index contributed by atoms with van der Waals surface area (Å²) in [6, 6.07) is 7.17. The Kier molecular flexibility index (Phi) is 3.29. The van der Waals surface area contributed by atoms with Gasteiger partial charge in [0.1, 0.15) is 0 Å². The fourth-order valence-corrected chi connectivity index (χ4v) is 1.82. The van der Waals surface area contributed by atoms with E-state index in [0.29, 0.717) is 5.69 Å². The van der Waals surface area contributed by atoms with Gasteiger partial charge >= 0.3 is 0 Å². The molecule has 1 aromatic rings. The molecule has 0 spiro atoms. The number of hydrogen-bond acceptors (Lipinski definition) is 3. The van der Waals surface area contributed by atoms with Crippen LogP contribution < -0.4 is 11.5 Å². The molecule has 4 heteroatoms. The van der Waals surface area contributed by atoms with E-state index in [9.17, 15) is 0 Å². The molecule has 0 aromatic heterocycles. The normalized spacial score (nSPS) is 12.1. The van der Waals surface area contributed by atoms with Crippen molar-refractivity contribution in [1.29, 1.82) is 5.26 Å². The van der Waals surface area contributed by atoms with E-state index in [0.717, 1.165) is 10.0 Å². The highest BCUT2D eigenvalue weighted by atomic mass is 79.9. The van der Waals surface area contributed by atoms with Crippen LogP contribution in [-0.4, -0.2) is 0 Å². The number of nitrogens with two attached hydrogens (primary N) is 2. The van der Waals surface area contributed by atoms with E-state index in [1.165, 1.54) is 0 Å². The first-order valence-electron chi connectivity index (χ1n) is 3.83. The average molecular weight is 240 g/mol. The van der Waals surface area contributed by atoms with Gasteiger partial charge in [0.05, 0.1) is 12.5 Å². The standard InChI is InChI=1S/C9H10BrN3/c10-6-2-1-3-7(12)9(6)8(13)4-5-11/h1-3,8H,4,12-13H2. The summed E-state index contributed by atoms with van der Waals surface area (Å²) in [4.78, 5) is 0. The van der Waals surface area contributed by atoms with Crippen molar-refractivity contribution in [3.8, 4) is 6.07 Å². The zero-order chi connectivity index (χ0) is 9.84. The SMILES string of the molecule is N#CCC(N)c1c(N)cccc1Br. The first-order chi connectivity index (χ1) is 6.16. The van der Waals surface area contributed by atoms with Crippen molar-refractivity contribution in [3.05, 3.63) is 28.2 Å². The summed E-state index contributed by atoms with van der Waals surface area (Å²) in [5.41, 5.74) is 12.9. The van der Waals surface area contributed by atoms with E-state index in [1.807, 2.05) is 18.2 Å². The molecular weight excluding hydrogens is 230 g/mol. The Morgan fingerprint density at radius 2 is 2.23 bits per heavy atom. The van der Waals surface area contributed by atoms with Crippen LogP contribution in [0.3, 0.4) is 0 Å². The molecule has 3 nitrogen and oxygen atoms in total. The van der Waals surface area contributed by atoms with Crippen molar-refractivity contribution in [1.82, 2.24) is 0 Å². The average Bonchev–Trinajstić information content (AvgIpc) is 2.04. The molecule has 1 aromatic carbocycles. The predicted molar refractivity (Wildman–Crippen MR) is 55.7 cm³/mol. The number of nitriles is 1. The number of halogens is 1. The highest BCUT2D eigenvalue weighted by Gasteiger charge is 2.12. The lowest BCUT2D eigenvalue weighted by atomic mass is 10.0. The maximum Gasteiger partial charge on any atom is 0.0641 e. The molecule has 0 aliphatic rings. The third-order valence-electron chi connectivity index (χ3n) is 1.77. The zero-order valence-corrected chi connectivity index (χ0v) is 8.58. The van der Waals surface area contributed by atoms with E-state index in [-0.39, 0.29) is 12.5 Å². The second-order valence-corrected chi connectivity index (χ2v) is 3.57. The quantitative estimate of drug-likeness (QED) is 0.775. The van der Waals surface area contributed by atoms with Gasteiger partial charge in [-0.3, -0.25) is 0 Å². The first kappa shape index (κ1) is 10.0. The molecule has 1 atom stereocenters. The number of nitrogen functional groups attached to an aromatic ring is 1. The van der Waals surface area contributed by atoms with Crippen molar-refractivity contribution < 1.29 is 0 Å². The molecule has 0 bridgehead atoms. The first-order valence-corrected chi connectivity index (χ1v) is 4.62. The summed E-state index contributed by atoms with van der Waals surface area (Å²) in [6.45, 7) is 0. The Balaban J connectivity index is 3.06. The van der Waals surface area contributed by atoms with Gasteiger partial charge in [-0.1, -0.05) is 22.0 Å². The Morgan fingerprint density at radius 1 is 1.54 bits per heavy atom. The van der Waals surface area contributed by atoms with Gasteiger partial charge < -0.3 is 11.5 Å².